The molecule has 2 heterocycles. The molecule has 94 valence electrons. The fourth-order valence-electron chi connectivity index (χ4n) is 2.25. The molecule has 0 spiro atoms. The summed E-state index contributed by atoms with van der Waals surface area (Å²) in [6.07, 6.45) is 5.84. The summed E-state index contributed by atoms with van der Waals surface area (Å²) in [5, 5.41) is 3.37. The molecule has 3 N–H and O–H groups in total. The highest BCUT2D eigenvalue weighted by Gasteiger charge is 2.10. The third kappa shape index (κ3) is 4.07. The van der Waals surface area contributed by atoms with Crippen molar-refractivity contribution in [1.29, 1.82) is 0 Å². The maximum Gasteiger partial charge on any atom is 0.0296 e. The molecule has 0 bridgehead atoms. The Morgan fingerprint density at radius 3 is 2.71 bits per heavy atom. The Morgan fingerprint density at radius 2 is 2.00 bits per heavy atom. The van der Waals surface area contributed by atoms with Gasteiger partial charge in [-0.1, -0.05) is 0 Å². The van der Waals surface area contributed by atoms with Crippen LogP contribution in [0.25, 0.3) is 0 Å². The predicted octanol–water partition coefficient (Wildman–Crippen LogP) is 0.767. The largest absolute Gasteiger partial charge is 0.324 e. The number of nitrogens with zero attached hydrogens (tertiary/aromatic N) is 2. The average molecular weight is 234 g/mol. The number of nitrogens with one attached hydrogen (secondary N) is 1. The van der Waals surface area contributed by atoms with Gasteiger partial charge in [0.25, 0.3) is 0 Å². The molecule has 1 atom stereocenters. The molecule has 1 aliphatic heterocycles. The van der Waals surface area contributed by atoms with Crippen molar-refractivity contribution in [2.45, 2.75) is 18.9 Å². The Balaban J connectivity index is 1.67. The van der Waals surface area contributed by atoms with Crippen molar-refractivity contribution in [3.05, 3.63) is 30.1 Å². The van der Waals surface area contributed by atoms with Gasteiger partial charge in [-0.15, -0.1) is 0 Å². The topological polar surface area (TPSA) is 54.2 Å². The van der Waals surface area contributed by atoms with Crippen LogP contribution in [0.1, 0.15) is 24.4 Å². The Labute approximate surface area is 103 Å². The van der Waals surface area contributed by atoms with Gasteiger partial charge in [0.1, 0.15) is 0 Å². The average Bonchev–Trinajstić information content (AvgIpc) is 2.41. The van der Waals surface area contributed by atoms with E-state index in [9.17, 15) is 0 Å². The van der Waals surface area contributed by atoms with Crippen molar-refractivity contribution in [1.82, 2.24) is 15.2 Å². The molecule has 4 nitrogen and oxygen atoms in total. The molecule has 0 radical (unpaired) electrons. The number of rotatable bonds is 5. The molecule has 1 unspecified atom stereocenters. The molecule has 1 aromatic rings. The maximum atomic E-state index is 6.15. The molecule has 1 saturated heterocycles. The Kier molecular flexibility index (Phi) is 4.91. The molecule has 0 amide bonds. The number of nitrogens with two attached hydrogens (primary N) is 1. The van der Waals surface area contributed by atoms with Crippen LogP contribution in [0.3, 0.4) is 0 Å². The monoisotopic (exact) mass is 234 g/mol. The van der Waals surface area contributed by atoms with Crippen LogP contribution in [0.15, 0.2) is 24.5 Å². The summed E-state index contributed by atoms with van der Waals surface area (Å²) in [6, 6.07) is 4.17. The minimum atomic E-state index is 0.154. The van der Waals surface area contributed by atoms with Gasteiger partial charge in [-0.2, -0.15) is 0 Å². The van der Waals surface area contributed by atoms with Crippen LogP contribution in [0.5, 0.6) is 0 Å². The maximum absolute atomic E-state index is 6.15. The summed E-state index contributed by atoms with van der Waals surface area (Å²) in [5.41, 5.74) is 7.35. The molecular formula is C13H22N4. The standard InChI is InChI=1S/C13H22N4/c14-13(12-3-5-15-6-4-12)2-1-9-17-10-7-16-8-11-17/h3-6,13,16H,1-2,7-11,14H2. The second-order valence-electron chi connectivity index (χ2n) is 4.62. The molecule has 4 heteroatoms. The number of hydrogen-bond donors (Lipinski definition) is 2. The smallest absolute Gasteiger partial charge is 0.0296 e. The third-order valence-electron chi connectivity index (χ3n) is 3.33. The highest BCUT2D eigenvalue weighted by atomic mass is 15.2. The summed E-state index contributed by atoms with van der Waals surface area (Å²) in [5.74, 6) is 0. The van der Waals surface area contributed by atoms with Crippen LogP contribution in [-0.4, -0.2) is 42.6 Å². The molecule has 1 aromatic heterocycles. The van der Waals surface area contributed by atoms with Crippen LogP contribution >= 0.6 is 0 Å². The van der Waals surface area contributed by atoms with Crippen molar-refractivity contribution >= 4 is 0 Å². The fraction of sp³-hybridized carbons (Fsp3) is 0.615. The van der Waals surface area contributed by atoms with Gasteiger partial charge in [0.05, 0.1) is 0 Å². The lowest BCUT2D eigenvalue weighted by molar-refractivity contribution is 0.235. The van der Waals surface area contributed by atoms with E-state index in [4.69, 9.17) is 5.73 Å². The van der Waals surface area contributed by atoms with E-state index in [1.807, 2.05) is 24.5 Å². The molecule has 17 heavy (non-hydrogen) atoms. The number of aromatic nitrogens is 1. The minimum Gasteiger partial charge on any atom is -0.324 e. The Morgan fingerprint density at radius 1 is 1.29 bits per heavy atom. The van der Waals surface area contributed by atoms with Crippen LogP contribution in [0.2, 0.25) is 0 Å². The van der Waals surface area contributed by atoms with Crippen LogP contribution in [0.4, 0.5) is 0 Å². The first-order valence-electron chi connectivity index (χ1n) is 6.45. The van der Waals surface area contributed by atoms with E-state index >= 15 is 0 Å². The van der Waals surface area contributed by atoms with Crippen LogP contribution < -0.4 is 11.1 Å². The molecule has 0 saturated carbocycles. The lowest BCUT2D eigenvalue weighted by Crippen LogP contribution is -2.43. The van der Waals surface area contributed by atoms with Crippen molar-refractivity contribution in [2.24, 2.45) is 5.73 Å². The summed E-state index contributed by atoms with van der Waals surface area (Å²) in [6.45, 7) is 5.75. The van der Waals surface area contributed by atoms with Crippen molar-refractivity contribution < 1.29 is 0 Å². The first kappa shape index (κ1) is 12.5. The van der Waals surface area contributed by atoms with Crippen molar-refractivity contribution in [2.75, 3.05) is 32.7 Å². The second-order valence-corrected chi connectivity index (χ2v) is 4.62. The van der Waals surface area contributed by atoms with Gasteiger partial charge >= 0.3 is 0 Å². The van der Waals surface area contributed by atoms with E-state index < -0.39 is 0 Å². The first-order valence-corrected chi connectivity index (χ1v) is 6.45. The summed E-state index contributed by atoms with van der Waals surface area (Å²) < 4.78 is 0. The first-order chi connectivity index (χ1) is 8.36. The van der Waals surface area contributed by atoms with Crippen LogP contribution in [-0.2, 0) is 0 Å². The normalized spacial score (nSPS) is 19.1. The Hall–Kier alpha value is -0.970. The lowest BCUT2D eigenvalue weighted by atomic mass is 10.0. The SMILES string of the molecule is NC(CCCN1CCNCC1)c1ccncc1. The zero-order chi connectivity index (χ0) is 11.9. The highest BCUT2D eigenvalue weighted by molar-refractivity contribution is 5.13. The number of pyridine rings is 1. The van der Waals surface area contributed by atoms with Crippen molar-refractivity contribution in [3.8, 4) is 0 Å². The molecule has 0 aromatic carbocycles. The van der Waals surface area contributed by atoms with Gasteiger partial charge in [0.15, 0.2) is 0 Å². The summed E-state index contributed by atoms with van der Waals surface area (Å²) in [7, 11) is 0. The summed E-state index contributed by atoms with van der Waals surface area (Å²) in [4.78, 5) is 6.52. The second kappa shape index (κ2) is 6.69. The van der Waals surface area contributed by atoms with Gasteiger partial charge in [-0.3, -0.25) is 4.98 Å². The molecule has 1 fully saturated rings. The number of piperazine rings is 1. The third-order valence-corrected chi connectivity index (χ3v) is 3.33. The van der Waals surface area contributed by atoms with Gasteiger partial charge < -0.3 is 16.0 Å². The van der Waals surface area contributed by atoms with Gasteiger partial charge in [-0.25, -0.2) is 0 Å². The minimum absolute atomic E-state index is 0.154. The molecule has 2 rings (SSSR count). The van der Waals surface area contributed by atoms with Gasteiger partial charge in [0.2, 0.25) is 0 Å². The quantitative estimate of drug-likeness (QED) is 0.790. The van der Waals surface area contributed by atoms with E-state index in [0.717, 1.165) is 19.5 Å². The van der Waals surface area contributed by atoms with Gasteiger partial charge in [-0.05, 0) is 37.1 Å². The Bertz CT molecular complexity index is 308. The highest BCUT2D eigenvalue weighted by Crippen LogP contribution is 2.14. The zero-order valence-corrected chi connectivity index (χ0v) is 10.3. The van der Waals surface area contributed by atoms with E-state index in [0.29, 0.717) is 0 Å². The molecule has 0 aliphatic carbocycles. The zero-order valence-electron chi connectivity index (χ0n) is 10.3. The van der Waals surface area contributed by atoms with Crippen LogP contribution in [0, 0.1) is 0 Å². The lowest BCUT2D eigenvalue weighted by Gasteiger charge is -2.27. The van der Waals surface area contributed by atoms with Crippen molar-refractivity contribution in [3.63, 3.8) is 0 Å². The predicted molar refractivity (Wildman–Crippen MR) is 69.7 cm³/mol. The fourth-order valence-corrected chi connectivity index (χ4v) is 2.25. The summed E-state index contributed by atoms with van der Waals surface area (Å²) >= 11 is 0. The molecule has 1 aliphatic rings. The van der Waals surface area contributed by atoms with E-state index in [1.165, 1.54) is 31.6 Å². The van der Waals surface area contributed by atoms with E-state index in [1.54, 1.807) is 0 Å². The van der Waals surface area contributed by atoms with Gasteiger partial charge in [0, 0.05) is 44.6 Å². The van der Waals surface area contributed by atoms with E-state index in [2.05, 4.69) is 15.2 Å². The van der Waals surface area contributed by atoms with E-state index in [-0.39, 0.29) is 6.04 Å². The number of hydrogen-bond acceptors (Lipinski definition) is 4. The molecular weight excluding hydrogens is 212 g/mol.